The van der Waals surface area contributed by atoms with Crippen LogP contribution in [0.2, 0.25) is 0 Å². The van der Waals surface area contributed by atoms with E-state index in [9.17, 15) is 9.59 Å². The van der Waals surface area contributed by atoms with Crippen LogP contribution in [-0.4, -0.2) is 48.4 Å². The highest BCUT2D eigenvalue weighted by molar-refractivity contribution is 5.71. The third kappa shape index (κ3) is 7.04. The fourth-order valence-electron chi connectivity index (χ4n) is 2.87. The second-order valence-electron chi connectivity index (χ2n) is 7.48. The Bertz CT molecular complexity index is 582. The van der Waals surface area contributed by atoms with Gasteiger partial charge in [-0.15, -0.1) is 0 Å². The first-order chi connectivity index (χ1) is 12.3. The molecule has 1 heterocycles. The van der Waals surface area contributed by atoms with Crippen molar-refractivity contribution in [3.63, 3.8) is 0 Å². The molecule has 1 amide bonds. The van der Waals surface area contributed by atoms with Gasteiger partial charge in [-0.3, -0.25) is 0 Å². The number of ether oxygens (including phenoxy) is 3. The number of carbonyl (C=O) groups excluding carboxylic acids is 2. The van der Waals surface area contributed by atoms with Gasteiger partial charge in [0.15, 0.2) is 0 Å². The molecule has 1 aliphatic heterocycles. The number of rotatable bonds is 6. The number of amides is 1. The predicted molar refractivity (Wildman–Crippen MR) is 97.6 cm³/mol. The average molecular weight is 363 g/mol. The van der Waals surface area contributed by atoms with Crippen molar-refractivity contribution >= 4 is 12.1 Å². The minimum atomic E-state index is -0.529. The van der Waals surface area contributed by atoms with Crippen LogP contribution in [-0.2, 0) is 25.6 Å². The van der Waals surface area contributed by atoms with Crippen LogP contribution in [0, 0.1) is 0 Å². The zero-order valence-electron chi connectivity index (χ0n) is 15.9. The molecule has 0 bridgehead atoms. The Morgan fingerprint density at radius 2 is 1.88 bits per heavy atom. The predicted octanol–water partition coefficient (Wildman–Crippen LogP) is 3.54. The lowest BCUT2D eigenvalue weighted by atomic mass is 10.0. The zero-order valence-corrected chi connectivity index (χ0v) is 15.9. The van der Waals surface area contributed by atoms with Crippen LogP contribution in [0.5, 0.6) is 0 Å². The maximum atomic E-state index is 12.4. The molecule has 0 aromatic heterocycles. The van der Waals surface area contributed by atoms with Crippen molar-refractivity contribution < 1.29 is 23.8 Å². The lowest BCUT2D eigenvalue weighted by Gasteiger charge is -2.34. The molecule has 1 saturated heterocycles. The highest BCUT2D eigenvalue weighted by Gasteiger charge is 2.28. The number of piperidine rings is 1. The van der Waals surface area contributed by atoms with Crippen LogP contribution in [0.25, 0.3) is 0 Å². The van der Waals surface area contributed by atoms with Gasteiger partial charge in [-0.25, -0.2) is 9.59 Å². The molecule has 6 heteroatoms. The Hall–Kier alpha value is -2.08. The molecule has 0 aliphatic carbocycles. The van der Waals surface area contributed by atoms with Crippen molar-refractivity contribution in [2.45, 2.75) is 58.3 Å². The fraction of sp³-hybridized carbons (Fsp3) is 0.600. The summed E-state index contributed by atoms with van der Waals surface area (Å²) in [6, 6.07) is 9.52. The monoisotopic (exact) mass is 363 g/mol. The lowest BCUT2D eigenvalue weighted by Crippen LogP contribution is -2.46. The highest BCUT2D eigenvalue weighted by Crippen LogP contribution is 2.19. The van der Waals surface area contributed by atoms with Gasteiger partial charge in [0, 0.05) is 6.54 Å². The molecule has 1 aromatic rings. The van der Waals surface area contributed by atoms with E-state index < -0.39 is 11.6 Å². The Kier molecular flexibility index (Phi) is 7.45. The molecule has 144 valence electrons. The van der Waals surface area contributed by atoms with Crippen LogP contribution in [0.1, 0.15) is 45.6 Å². The van der Waals surface area contributed by atoms with Gasteiger partial charge >= 0.3 is 12.1 Å². The van der Waals surface area contributed by atoms with Crippen molar-refractivity contribution in [2.24, 2.45) is 0 Å². The molecule has 1 atom stereocenters. The third-order valence-corrected chi connectivity index (χ3v) is 4.02. The number of hydrogen-bond donors (Lipinski definition) is 0. The normalized spacial score (nSPS) is 17.7. The first kappa shape index (κ1) is 20.2. The second kappa shape index (κ2) is 9.57. The van der Waals surface area contributed by atoms with E-state index in [0.717, 1.165) is 24.8 Å². The molecule has 2 rings (SSSR count). The molecule has 0 spiro atoms. The Morgan fingerprint density at radius 1 is 1.15 bits per heavy atom. The van der Waals surface area contributed by atoms with Crippen LogP contribution >= 0.6 is 0 Å². The molecule has 26 heavy (non-hydrogen) atoms. The summed E-state index contributed by atoms with van der Waals surface area (Å²) in [5, 5.41) is 0. The van der Waals surface area contributed by atoms with Crippen LogP contribution in [0.4, 0.5) is 4.79 Å². The van der Waals surface area contributed by atoms with E-state index in [4.69, 9.17) is 14.2 Å². The number of hydrogen-bond acceptors (Lipinski definition) is 5. The summed E-state index contributed by atoms with van der Waals surface area (Å²) in [5.41, 5.74) is 0.425. The fourth-order valence-corrected chi connectivity index (χ4v) is 2.87. The van der Waals surface area contributed by atoms with E-state index in [1.54, 1.807) is 4.90 Å². The first-order valence-electron chi connectivity index (χ1n) is 9.12. The van der Waals surface area contributed by atoms with Gasteiger partial charge in [-0.1, -0.05) is 30.3 Å². The zero-order chi connectivity index (χ0) is 19.0. The number of carbonyl (C=O) groups is 2. The van der Waals surface area contributed by atoms with E-state index in [2.05, 4.69) is 0 Å². The summed E-state index contributed by atoms with van der Waals surface area (Å²) in [4.78, 5) is 25.9. The maximum Gasteiger partial charge on any atom is 0.410 e. The Labute approximate surface area is 155 Å². The van der Waals surface area contributed by atoms with Gasteiger partial charge in [-0.05, 0) is 45.6 Å². The van der Waals surface area contributed by atoms with Gasteiger partial charge in [0.1, 0.15) is 18.8 Å². The third-order valence-electron chi connectivity index (χ3n) is 4.02. The van der Waals surface area contributed by atoms with Crippen LogP contribution < -0.4 is 0 Å². The topological polar surface area (TPSA) is 65.1 Å². The van der Waals surface area contributed by atoms with Crippen molar-refractivity contribution in [3.05, 3.63) is 35.9 Å². The van der Waals surface area contributed by atoms with Gasteiger partial charge in [-0.2, -0.15) is 0 Å². The van der Waals surface area contributed by atoms with Crippen molar-refractivity contribution in [1.82, 2.24) is 4.90 Å². The minimum absolute atomic E-state index is 0.0746. The molecule has 0 unspecified atom stereocenters. The van der Waals surface area contributed by atoms with Crippen molar-refractivity contribution in [1.29, 1.82) is 0 Å². The smallest absolute Gasteiger partial charge is 0.410 e. The molecule has 0 saturated carbocycles. The van der Waals surface area contributed by atoms with E-state index in [1.807, 2.05) is 51.1 Å². The molecular formula is C20H29NO5. The summed E-state index contributed by atoms with van der Waals surface area (Å²) >= 11 is 0. The summed E-state index contributed by atoms with van der Waals surface area (Å²) in [6.07, 6.45) is 2.49. The van der Waals surface area contributed by atoms with Crippen molar-refractivity contribution in [3.8, 4) is 0 Å². The molecule has 1 aromatic carbocycles. The summed E-state index contributed by atoms with van der Waals surface area (Å²) < 4.78 is 16.2. The van der Waals surface area contributed by atoms with Gasteiger partial charge in [0.2, 0.25) is 0 Å². The number of benzene rings is 1. The quantitative estimate of drug-likeness (QED) is 0.724. The highest BCUT2D eigenvalue weighted by atomic mass is 16.6. The SMILES string of the molecule is CC(C)(C)OC(=O)COC[C@@H]1CCCCN1C(=O)OCc1ccccc1. The lowest BCUT2D eigenvalue weighted by molar-refractivity contribution is -0.160. The summed E-state index contributed by atoms with van der Waals surface area (Å²) in [5.74, 6) is -0.397. The van der Waals surface area contributed by atoms with E-state index in [1.165, 1.54) is 0 Å². The summed E-state index contributed by atoms with van der Waals surface area (Å²) in [7, 11) is 0. The number of nitrogens with zero attached hydrogens (tertiary/aromatic N) is 1. The number of esters is 1. The van der Waals surface area contributed by atoms with Gasteiger partial charge in [0.25, 0.3) is 0 Å². The van der Waals surface area contributed by atoms with Gasteiger partial charge < -0.3 is 19.1 Å². The van der Waals surface area contributed by atoms with Crippen LogP contribution in [0.3, 0.4) is 0 Å². The minimum Gasteiger partial charge on any atom is -0.458 e. The first-order valence-corrected chi connectivity index (χ1v) is 9.12. The average Bonchev–Trinajstić information content (AvgIpc) is 2.59. The molecule has 1 fully saturated rings. The summed E-state index contributed by atoms with van der Waals surface area (Å²) in [6.45, 7) is 6.54. The number of likely N-dealkylation sites (tertiary alicyclic amines) is 1. The Balaban J connectivity index is 1.79. The van der Waals surface area contributed by atoms with E-state index in [0.29, 0.717) is 13.2 Å². The Morgan fingerprint density at radius 3 is 2.58 bits per heavy atom. The largest absolute Gasteiger partial charge is 0.458 e. The standard InChI is InChI=1S/C20H29NO5/c1-20(2,3)26-18(22)15-24-14-17-11-7-8-12-21(17)19(23)25-13-16-9-5-4-6-10-16/h4-6,9-10,17H,7-8,11-15H2,1-3H3/t17-/m0/s1. The molecule has 0 N–H and O–H groups in total. The van der Waals surface area contributed by atoms with Gasteiger partial charge in [0.05, 0.1) is 12.6 Å². The molecule has 0 radical (unpaired) electrons. The molecule has 1 aliphatic rings. The van der Waals surface area contributed by atoms with Crippen molar-refractivity contribution in [2.75, 3.05) is 19.8 Å². The maximum absolute atomic E-state index is 12.4. The van der Waals surface area contributed by atoms with E-state index in [-0.39, 0.29) is 25.3 Å². The van der Waals surface area contributed by atoms with E-state index >= 15 is 0 Å². The second-order valence-corrected chi connectivity index (χ2v) is 7.48. The van der Waals surface area contributed by atoms with Crippen LogP contribution in [0.15, 0.2) is 30.3 Å². The molecule has 6 nitrogen and oxygen atoms in total. The molecular weight excluding hydrogens is 334 g/mol.